The van der Waals surface area contributed by atoms with Crippen molar-refractivity contribution < 1.29 is 9.53 Å². The van der Waals surface area contributed by atoms with Crippen LogP contribution in [-0.4, -0.2) is 25.7 Å². The zero-order chi connectivity index (χ0) is 9.26. The molecular weight excluding hydrogens is 166 g/mol. The summed E-state index contributed by atoms with van der Waals surface area (Å²) in [5.41, 5.74) is 0. The molecule has 0 spiro atoms. The Morgan fingerprint density at radius 2 is 2.15 bits per heavy atom. The third kappa shape index (κ3) is 1.57. The normalized spacial score (nSPS) is 38.4. The molecular formula is C10H17NO2. The van der Waals surface area contributed by atoms with Crippen LogP contribution in [0.1, 0.15) is 25.7 Å². The van der Waals surface area contributed by atoms with Gasteiger partial charge in [0.05, 0.1) is 7.11 Å². The van der Waals surface area contributed by atoms with Gasteiger partial charge in [0.2, 0.25) is 0 Å². The van der Waals surface area contributed by atoms with E-state index in [-0.39, 0.29) is 12.0 Å². The fourth-order valence-electron chi connectivity index (χ4n) is 2.74. The first kappa shape index (κ1) is 9.00. The largest absolute Gasteiger partial charge is 0.468 e. The number of carbonyl (C=O) groups excluding carboxylic acids is 1. The summed E-state index contributed by atoms with van der Waals surface area (Å²) in [6.45, 7) is 1.00. The molecule has 1 aliphatic heterocycles. The summed E-state index contributed by atoms with van der Waals surface area (Å²) in [7, 11) is 1.47. The van der Waals surface area contributed by atoms with Crippen molar-refractivity contribution in [2.24, 2.45) is 11.8 Å². The smallest absolute Gasteiger partial charge is 0.323 e. The van der Waals surface area contributed by atoms with Crippen molar-refractivity contribution in [2.45, 2.75) is 31.7 Å². The molecule has 0 amide bonds. The highest BCUT2D eigenvalue weighted by atomic mass is 16.5. The van der Waals surface area contributed by atoms with Crippen molar-refractivity contribution in [2.75, 3.05) is 13.7 Å². The Morgan fingerprint density at radius 1 is 1.38 bits per heavy atom. The first-order valence-corrected chi connectivity index (χ1v) is 5.14. The van der Waals surface area contributed by atoms with Crippen LogP contribution in [0.5, 0.6) is 0 Å². The molecule has 2 rings (SSSR count). The van der Waals surface area contributed by atoms with Gasteiger partial charge in [0.25, 0.3) is 0 Å². The molecule has 2 fully saturated rings. The maximum atomic E-state index is 11.4. The molecule has 1 saturated carbocycles. The van der Waals surface area contributed by atoms with Crippen LogP contribution in [0.25, 0.3) is 0 Å². The van der Waals surface area contributed by atoms with E-state index in [1.54, 1.807) is 0 Å². The maximum absolute atomic E-state index is 11.4. The number of fused-ring (bicyclic) bond motifs is 1. The minimum Gasteiger partial charge on any atom is -0.468 e. The van der Waals surface area contributed by atoms with Crippen molar-refractivity contribution in [3.8, 4) is 0 Å². The first-order valence-electron chi connectivity index (χ1n) is 5.14. The van der Waals surface area contributed by atoms with Crippen LogP contribution >= 0.6 is 0 Å². The first-order chi connectivity index (χ1) is 6.33. The van der Waals surface area contributed by atoms with E-state index >= 15 is 0 Å². The number of nitrogens with one attached hydrogen (secondary N) is 1. The number of rotatable bonds is 1. The van der Waals surface area contributed by atoms with Crippen LogP contribution < -0.4 is 5.32 Å². The van der Waals surface area contributed by atoms with E-state index < -0.39 is 0 Å². The molecule has 3 nitrogen and oxygen atoms in total. The lowest BCUT2D eigenvalue weighted by atomic mass is 9.78. The van der Waals surface area contributed by atoms with Crippen molar-refractivity contribution in [3.05, 3.63) is 0 Å². The van der Waals surface area contributed by atoms with Gasteiger partial charge >= 0.3 is 5.97 Å². The summed E-state index contributed by atoms with van der Waals surface area (Å²) < 4.78 is 4.78. The van der Waals surface area contributed by atoms with E-state index in [1.165, 1.54) is 32.8 Å². The molecule has 3 atom stereocenters. The minimum atomic E-state index is -0.0746. The van der Waals surface area contributed by atoms with Crippen LogP contribution in [0.15, 0.2) is 0 Å². The molecule has 1 aliphatic carbocycles. The molecule has 1 heterocycles. The number of ether oxygens (including phenoxy) is 1. The molecule has 74 valence electrons. The molecule has 1 saturated heterocycles. The molecule has 1 N–H and O–H groups in total. The van der Waals surface area contributed by atoms with Gasteiger partial charge in [-0.3, -0.25) is 4.79 Å². The highest BCUT2D eigenvalue weighted by molar-refractivity contribution is 5.76. The molecule has 3 heteroatoms. The summed E-state index contributed by atoms with van der Waals surface area (Å²) in [6.07, 6.45) is 5.08. The molecule has 0 aromatic rings. The average molecular weight is 183 g/mol. The zero-order valence-corrected chi connectivity index (χ0v) is 8.08. The Labute approximate surface area is 78.8 Å². The van der Waals surface area contributed by atoms with Crippen LogP contribution in [0.3, 0.4) is 0 Å². The van der Waals surface area contributed by atoms with Gasteiger partial charge in [-0.2, -0.15) is 0 Å². The lowest BCUT2D eigenvalue weighted by Crippen LogP contribution is -2.37. The van der Waals surface area contributed by atoms with Crippen molar-refractivity contribution in [1.82, 2.24) is 5.32 Å². The second-order valence-electron chi connectivity index (χ2n) is 4.12. The van der Waals surface area contributed by atoms with E-state index in [9.17, 15) is 4.79 Å². The number of esters is 1. The number of methoxy groups -OCH3 is 1. The van der Waals surface area contributed by atoms with Gasteiger partial charge in [0.15, 0.2) is 0 Å². The molecule has 0 bridgehead atoms. The molecule has 13 heavy (non-hydrogen) atoms. The van der Waals surface area contributed by atoms with Crippen molar-refractivity contribution in [3.63, 3.8) is 0 Å². The zero-order valence-electron chi connectivity index (χ0n) is 8.08. The summed E-state index contributed by atoms with van der Waals surface area (Å²) in [4.78, 5) is 11.4. The van der Waals surface area contributed by atoms with Crippen LogP contribution in [0.4, 0.5) is 0 Å². The van der Waals surface area contributed by atoms with Gasteiger partial charge in [0, 0.05) is 0 Å². The Morgan fingerprint density at radius 3 is 2.92 bits per heavy atom. The summed E-state index contributed by atoms with van der Waals surface area (Å²) in [5, 5.41) is 3.27. The van der Waals surface area contributed by atoms with Gasteiger partial charge in [0.1, 0.15) is 6.04 Å². The molecule has 0 radical (unpaired) electrons. The van der Waals surface area contributed by atoms with Gasteiger partial charge in [-0.1, -0.05) is 12.8 Å². The standard InChI is InChI=1S/C10H17NO2/c1-13-10(12)9-8-5-3-2-4-7(8)6-11-9/h7-9,11H,2-6H2,1H3/t7-,8-,9-/m1/s1. The number of hydrogen-bond acceptors (Lipinski definition) is 3. The Bertz CT molecular complexity index is 205. The molecule has 2 aliphatic rings. The van der Waals surface area contributed by atoms with Crippen LogP contribution in [0.2, 0.25) is 0 Å². The molecule has 0 unspecified atom stereocenters. The third-order valence-electron chi connectivity index (χ3n) is 3.45. The maximum Gasteiger partial charge on any atom is 0.323 e. The second kappa shape index (κ2) is 3.66. The van der Waals surface area contributed by atoms with Crippen molar-refractivity contribution in [1.29, 1.82) is 0 Å². The molecule has 0 aromatic heterocycles. The van der Waals surface area contributed by atoms with Gasteiger partial charge in [-0.05, 0) is 31.2 Å². The second-order valence-corrected chi connectivity index (χ2v) is 4.12. The highest BCUT2D eigenvalue weighted by Gasteiger charge is 2.41. The average Bonchev–Trinajstić information content (AvgIpc) is 2.60. The predicted octanol–water partition coefficient (Wildman–Crippen LogP) is 0.938. The van der Waals surface area contributed by atoms with E-state index in [0.717, 1.165) is 12.5 Å². The Balaban J connectivity index is 2.02. The lowest BCUT2D eigenvalue weighted by Gasteiger charge is -2.26. The van der Waals surface area contributed by atoms with Crippen LogP contribution in [-0.2, 0) is 9.53 Å². The van der Waals surface area contributed by atoms with E-state index in [1.807, 2.05) is 0 Å². The fourth-order valence-corrected chi connectivity index (χ4v) is 2.74. The van der Waals surface area contributed by atoms with Crippen LogP contribution in [0, 0.1) is 11.8 Å². The Kier molecular flexibility index (Phi) is 2.54. The highest BCUT2D eigenvalue weighted by Crippen LogP contribution is 2.36. The van der Waals surface area contributed by atoms with Gasteiger partial charge in [-0.15, -0.1) is 0 Å². The topological polar surface area (TPSA) is 38.3 Å². The van der Waals surface area contributed by atoms with Crippen molar-refractivity contribution >= 4 is 5.97 Å². The number of carbonyl (C=O) groups is 1. The molecule has 0 aromatic carbocycles. The van der Waals surface area contributed by atoms with E-state index in [2.05, 4.69) is 5.32 Å². The summed E-state index contributed by atoms with van der Waals surface area (Å²) in [5.74, 6) is 1.19. The quantitative estimate of drug-likeness (QED) is 0.615. The Hall–Kier alpha value is -0.570. The minimum absolute atomic E-state index is 0.0182. The van der Waals surface area contributed by atoms with Gasteiger partial charge < -0.3 is 10.1 Å². The predicted molar refractivity (Wildman–Crippen MR) is 49.3 cm³/mol. The fraction of sp³-hybridized carbons (Fsp3) is 0.900. The van der Waals surface area contributed by atoms with E-state index in [4.69, 9.17) is 4.74 Å². The lowest BCUT2D eigenvalue weighted by molar-refractivity contribution is -0.144. The number of hydrogen-bond donors (Lipinski definition) is 1. The SMILES string of the molecule is COC(=O)[C@@H]1NC[C@H]2CCCC[C@H]21. The monoisotopic (exact) mass is 183 g/mol. The van der Waals surface area contributed by atoms with Gasteiger partial charge in [-0.25, -0.2) is 0 Å². The third-order valence-corrected chi connectivity index (χ3v) is 3.45. The van der Waals surface area contributed by atoms with E-state index in [0.29, 0.717) is 5.92 Å². The summed E-state index contributed by atoms with van der Waals surface area (Å²) >= 11 is 0. The summed E-state index contributed by atoms with van der Waals surface area (Å²) in [6, 6.07) is -0.0182.